The average molecular weight is 463 g/mol. The third-order valence-electron chi connectivity index (χ3n) is 6.08. The number of ether oxygens (including phenoxy) is 1. The number of hydrogen-bond donors (Lipinski definition) is 2. The van der Waals surface area contributed by atoms with Crippen molar-refractivity contribution in [1.29, 1.82) is 0 Å². The predicted octanol–water partition coefficient (Wildman–Crippen LogP) is 3.08. The number of nitrogens with one attached hydrogen (secondary N) is 2. The van der Waals surface area contributed by atoms with E-state index < -0.39 is 23.9 Å². The second kappa shape index (κ2) is 9.86. The summed E-state index contributed by atoms with van der Waals surface area (Å²) < 4.78 is 5.09. The minimum absolute atomic E-state index is 0.00905. The molecule has 0 saturated heterocycles. The summed E-state index contributed by atoms with van der Waals surface area (Å²) in [4.78, 5) is 64.3. The molecule has 1 heterocycles. The van der Waals surface area contributed by atoms with Crippen LogP contribution in [0.15, 0.2) is 42.5 Å². The van der Waals surface area contributed by atoms with Crippen LogP contribution in [0.1, 0.15) is 58.4 Å². The third-order valence-corrected chi connectivity index (χ3v) is 6.08. The van der Waals surface area contributed by atoms with Gasteiger partial charge in [0.2, 0.25) is 0 Å². The van der Waals surface area contributed by atoms with Crippen molar-refractivity contribution in [3.05, 3.63) is 59.2 Å². The Balaban J connectivity index is 1.48. The largest absolute Gasteiger partial charge is 0.497 e. The lowest BCUT2D eigenvalue weighted by molar-refractivity contribution is -0.125. The van der Waals surface area contributed by atoms with Crippen molar-refractivity contribution in [2.75, 3.05) is 12.4 Å². The maximum absolute atomic E-state index is 13.3. The highest BCUT2D eigenvalue weighted by molar-refractivity contribution is 6.23. The van der Waals surface area contributed by atoms with Gasteiger partial charge < -0.3 is 15.4 Å². The van der Waals surface area contributed by atoms with Gasteiger partial charge in [0, 0.05) is 31.5 Å². The SMILES string of the molecule is COc1ccc(NC(=O)NCc2cccc3c2C(=O)N(C2CCC(=O)CCCC2=O)C3=O)cc1. The molecule has 2 N–H and O–H groups in total. The number of anilines is 1. The van der Waals surface area contributed by atoms with E-state index in [1.807, 2.05) is 0 Å². The number of Topliss-reactive ketones (excluding diaryl/α,β-unsaturated/α-hetero) is 2. The molecule has 9 heteroatoms. The van der Waals surface area contributed by atoms with Gasteiger partial charge in [0.1, 0.15) is 11.5 Å². The Labute approximate surface area is 196 Å². The lowest BCUT2D eigenvalue weighted by atomic mass is 9.93. The maximum Gasteiger partial charge on any atom is 0.319 e. The Kier molecular flexibility index (Phi) is 6.72. The van der Waals surface area contributed by atoms with Gasteiger partial charge in [-0.15, -0.1) is 0 Å². The van der Waals surface area contributed by atoms with Crippen LogP contribution in [-0.2, 0) is 16.1 Å². The molecule has 0 aromatic heterocycles. The zero-order valence-corrected chi connectivity index (χ0v) is 18.8. The van der Waals surface area contributed by atoms with E-state index in [0.29, 0.717) is 29.8 Å². The van der Waals surface area contributed by atoms with Crippen molar-refractivity contribution in [2.24, 2.45) is 0 Å². The fraction of sp³-hybridized carbons (Fsp3) is 0.320. The smallest absolute Gasteiger partial charge is 0.319 e. The number of hydrogen-bond acceptors (Lipinski definition) is 6. The van der Waals surface area contributed by atoms with Gasteiger partial charge in [0.15, 0.2) is 5.78 Å². The first-order valence-corrected chi connectivity index (χ1v) is 11.1. The molecule has 1 aliphatic heterocycles. The predicted molar refractivity (Wildman–Crippen MR) is 123 cm³/mol. The monoisotopic (exact) mass is 463 g/mol. The van der Waals surface area contributed by atoms with Gasteiger partial charge in [-0.25, -0.2) is 4.79 Å². The van der Waals surface area contributed by atoms with Crippen LogP contribution in [0.25, 0.3) is 0 Å². The molecule has 1 fully saturated rings. The molecule has 0 radical (unpaired) electrons. The molecule has 2 aromatic rings. The van der Waals surface area contributed by atoms with E-state index in [1.54, 1.807) is 43.5 Å². The molecule has 4 rings (SSSR count). The first-order chi connectivity index (χ1) is 16.4. The number of fused-ring (bicyclic) bond motifs is 1. The molecule has 176 valence electrons. The van der Waals surface area contributed by atoms with Crippen molar-refractivity contribution in [3.63, 3.8) is 0 Å². The molecular weight excluding hydrogens is 438 g/mol. The number of rotatable bonds is 5. The van der Waals surface area contributed by atoms with E-state index in [2.05, 4.69) is 10.6 Å². The van der Waals surface area contributed by atoms with Gasteiger partial charge in [0.25, 0.3) is 11.8 Å². The van der Waals surface area contributed by atoms with Gasteiger partial charge in [0.05, 0.1) is 24.3 Å². The third kappa shape index (κ3) is 4.68. The van der Waals surface area contributed by atoms with Crippen LogP contribution in [-0.4, -0.2) is 47.5 Å². The number of benzene rings is 2. The Hall–Kier alpha value is -4.01. The standard InChI is InChI=1S/C25H25N3O6/c1-34-18-11-8-16(9-12-18)27-25(33)26-14-15-4-2-6-19-22(15)24(32)28(23(19)31)20-13-10-17(29)5-3-7-21(20)30/h2,4,6,8-9,11-12,20H,3,5,7,10,13-14H2,1H3,(H2,26,27,33). The quantitative estimate of drug-likeness (QED) is 0.657. The van der Waals surface area contributed by atoms with Crippen LogP contribution in [0.3, 0.4) is 0 Å². The molecule has 2 aromatic carbocycles. The minimum Gasteiger partial charge on any atom is -0.497 e. The molecule has 34 heavy (non-hydrogen) atoms. The highest BCUT2D eigenvalue weighted by atomic mass is 16.5. The first-order valence-electron chi connectivity index (χ1n) is 11.1. The van der Waals surface area contributed by atoms with Crippen molar-refractivity contribution in [3.8, 4) is 5.75 Å². The van der Waals surface area contributed by atoms with Crippen LogP contribution >= 0.6 is 0 Å². The Morgan fingerprint density at radius 3 is 2.50 bits per heavy atom. The fourth-order valence-electron chi connectivity index (χ4n) is 4.31. The van der Waals surface area contributed by atoms with Crippen LogP contribution in [0.5, 0.6) is 5.75 Å². The maximum atomic E-state index is 13.3. The second-order valence-corrected chi connectivity index (χ2v) is 8.27. The average Bonchev–Trinajstić information content (AvgIpc) is 3.08. The molecule has 1 aliphatic carbocycles. The number of carbonyl (C=O) groups is 5. The number of urea groups is 1. The number of nitrogens with zero attached hydrogens (tertiary/aromatic N) is 1. The summed E-state index contributed by atoms with van der Waals surface area (Å²) in [6, 6.07) is 10.2. The summed E-state index contributed by atoms with van der Waals surface area (Å²) in [5, 5.41) is 5.38. The molecule has 1 atom stereocenters. The molecule has 9 nitrogen and oxygen atoms in total. The Morgan fingerprint density at radius 1 is 1.00 bits per heavy atom. The Morgan fingerprint density at radius 2 is 1.76 bits per heavy atom. The van der Waals surface area contributed by atoms with Gasteiger partial charge in [-0.3, -0.25) is 24.1 Å². The van der Waals surface area contributed by atoms with Crippen molar-refractivity contribution >= 4 is 35.1 Å². The van der Waals surface area contributed by atoms with Crippen LogP contribution in [0, 0.1) is 0 Å². The van der Waals surface area contributed by atoms with Crippen LogP contribution in [0.4, 0.5) is 10.5 Å². The topological polar surface area (TPSA) is 122 Å². The molecule has 4 amide bonds. The van der Waals surface area contributed by atoms with Crippen molar-refractivity contribution in [1.82, 2.24) is 10.2 Å². The van der Waals surface area contributed by atoms with E-state index in [4.69, 9.17) is 4.74 Å². The van der Waals surface area contributed by atoms with E-state index in [-0.39, 0.29) is 48.5 Å². The molecule has 0 bridgehead atoms. The summed E-state index contributed by atoms with van der Waals surface area (Å²) in [6.45, 7) is 0.00905. The van der Waals surface area contributed by atoms with Gasteiger partial charge >= 0.3 is 6.03 Å². The fourth-order valence-corrected chi connectivity index (χ4v) is 4.31. The van der Waals surface area contributed by atoms with E-state index in [0.717, 1.165) is 4.90 Å². The zero-order valence-electron chi connectivity index (χ0n) is 18.8. The number of carbonyl (C=O) groups excluding carboxylic acids is 5. The van der Waals surface area contributed by atoms with Crippen LogP contribution in [0.2, 0.25) is 0 Å². The van der Waals surface area contributed by atoms with E-state index >= 15 is 0 Å². The van der Waals surface area contributed by atoms with Crippen molar-refractivity contribution in [2.45, 2.75) is 44.7 Å². The normalized spacial score (nSPS) is 18.3. The van der Waals surface area contributed by atoms with Gasteiger partial charge in [-0.05, 0) is 48.7 Å². The van der Waals surface area contributed by atoms with Crippen molar-refractivity contribution < 1.29 is 28.7 Å². The molecular formula is C25H25N3O6. The molecule has 0 spiro atoms. The summed E-state index contributed by atoms with van der Waals surface area (Å²) in [5.41, 5.74) is 1.41. The Bertz CT molecular complexity index is 1160. The zero-order chi connectivity index (χ0) is 24.2. The number of amides is 4. The highest BCUT2D eigenvalue weighted by Gasteiger charge is 2.43. The first kappa shape index (κ1) is 23.2. The molecule has 1 saturated carbocycles. The summed E-state index contributed by atoms with van der Waals surface area (Å²) in [5.74, 6) is -0.636. The summed E-state index contributed by atoms with van der Waals surface area (Å²) >= 11 is 0. The highest BCUT2D eigenvalue weighted by Crippen LogP contribution is 2.30. The number of imide groups is 1. The van der Waals surface area contributed by atoms with E-state index in [9.17, 15) is 24.0 Å². The van der Waals surface area contributed by atoms with E-state index in [1.165, 1.54) is 6.07 Å². The van der Waals surface area contributed by atoms with Gasteiger partial charge in [-0.2, -0.15) is 0 Å². The molecule has 2 aliphatic rings. The lowest BCUT2D eigenvalue weighted by Crippen LogP contribution is -2.45. The number of ketones is 2. The number of methoxy groups -OCH3 is 1. The van der Waals surface area contributed by atoms with Crippen LogP contribution < -0.4 is 15.4 Å². The second-order valence-electron chi connectivity index (χ2n) is 8.27. The van der Waals surface area contributed by atoms with Gasteiger partial charge in [-0.1, -0.05) is 12.1 Å². The minimum atomic E-state index is -0.948. The lowest BCUT2D eigenvalue weighted by Gasteiger charge is -2.26. The summed E-state index contributed by atoms with van der Waals surface area (Å²) in [6.07, 6.45) is 1.22. The summed E-state index contributed by atoms with van der Waals surface area (Å²) in [7, 11) is 1.55. The molecule has 1 unspecified atom stereocenters.